The van der Waals surface area contributed by atoms with E-state index in [9.17, 15) is 0 Å². The van der Waals surface area contributed by atoms with Crippen LogP contribution in [0.3, 0.4) is 0 Å². The van der Waals surface area contributed by atoms with E-state index >= 15 is 0 Å². The number of hydrogen-bond donors (Lipinski definition) is 0. The predicted octanol–water partition coefficient (Wildman–Crippen LogP) is 8.10. The maximum absolute atomic E-state index is 6.29. The minimum atomic E-state index is 0.807. The van der Waals surface area contributed by atoms with Crippen molar-refractivity contribution in [3.63, 3.8) is 0 Å². The van der Waals surface area contributed by atoms with E-state index in [1.54, 1.807) is 0 Å². The minimum absolute atomic E-state index is 0.807. The molecule has 0 saturated carbocycles. The molecule has 33 heavy (non-hydrogen) atoms. The summed E-state index contributed by atoms with van der Waals surface area (Å²) in [4.78, 5) is 0. The first-order valence-corrected chi connectivity index (χ1v) is 12.7. The summed E-state index contributed by atoms with van der Waals surface area (Å²) in [6, 6.07) is 16.5. The van der Waals surface area contributed by atoms with Gasteiger partial charge in [0.25, 0.3) is 0 Å². The van der Waals surface area contributed by atoms with Gasteiger partial charge in [-0.15, -0.1) is 0 Å². The SMILES string of the molecule is CC[N+](CC)=C1C=CC(=CC=C2C=C(c3ccc(Br)cc3)C=C(c3ccc(Br)cc3)O2)C=C1. The van der Waals surface area contributed by atoms with Gasteiger partial charge in [0.15, 0.2) is 5.71 Å². The molecule has 2 nitrogen and oxygen atoms in total. The van der Waals surface area contributed by atoms with E-state index in [0.717, 1.165) is 55.8 Å². The highest BCUT2D eigenvalue weighted by Gasteiger charge is 2.14. The quantitative estimate of drug-likeness (QED) is 0.335. The molecule has 0 bridgehead atoms. The zero-order valence-electron chi connectivity index (χ0n) is 18.8. The Balaban J connectivity index is 1.66. The summed E-state index contributed by atoms with van der Waals surface area (Å²) in [5.74, 6) is 1.64. The van der Waals surface area contributed by atoms with Gasteiger partial charge in [-0.3, -0.25) is 0 Å². The van der Waals surface area contributed by atoms with Crippen LogP contribution in [0.5, 0.6) is 0 Å². The molecule has 0 radical (unpaired) electrons. The van der Waals surface area contributed by atoms with Gasteiger partial charge >= 0.3 is 0 Å². The Morgan fingerprint density at radius 2 is 1.30 bits per heavy atom. The van der Waals surface area contributed by atoms with Gasteiger partial charge in [0.05, 0.1) is 0 Å². The number of benzene rings is 2. The lowest BCUT2D eigenvalue weighted by Crippen LogP contribution is -2.18. The van der Waals surface area contributed by atoms with Crippen LogP contribution in [0.25, 0.3) is 11.3 Å². The van der Waals surface area contributed by atoms with Crippen LogP contribution >= 0.6 is 31.9 Å². The van der Waals surface area contributed by atoms with Crippen molar-refractivity contribution in [2.75, 3.05) is 13.1 Å². The van der Waals surface area contributed by atoms with E-state index in [1.165, 1.54) is 5.71 Å². The molecule has 2 aliphatic rings. The third-order valence-electron chi connectivity index (χ3n) is 5.58. The highest BCUT2D eigenvalue weighted by Crippen LogP contribution is 2.32. The third kappa shape index (κ3) is 6.01. The Bertz CT molecular complexity index is 1210. The molecule has 0 unspecified atom stereocenters. The number of ether oxygens (including phenoxy) is 1. The normalized spacial score (nSPS) is 16.4. The van der Waals surface area contributed by atoms with E-state index in [-0.39, 0.29) is 0 Å². The first-order valence-electron chi connectivity index (χ1n) is 11.1. The first-order chi connectivity index (χ1) is 16.1. The lowest BCUT2D eigenvalue weighted by atomic mass is 10.0. The second-order valence-corrected chi connectivity index (χ2v) is 9.55. The summed E-state index contributed by atoms with van der Waals surface area (Å²) in [5, 5.41) is 0. The summed E-state index contributed by atoms with van der Waals surface area (Å²) in [7, 11) is 0. The highest BCUT2D eigenvalue weighted by atomic mass is 79.9. The molecule has 0 spiro atoms. The van der Waals surface area contributed by atoms with E-state index in [0.29, 0.717) is 0 Å². The first kappa shape index (κ1) is 23.5. The molecular formula is C29H26Br2NO+. The fourth-order valence-corrected chi connectivity index (χ4v) is 4.26. The van der Waals surface area contributed by atoms with Gasteiger partial charge < -0.3 is 4.74 Å². The molecule has 0 atom stereocenters. The Morgan fingerprint density at radius 1 is 0.727 bits per heavy atom. The summed E-state index contributed by atoms with van der Waals surface area (Å²) in [5.41, 5.74) is 5.68. The summed E-state index contributed by atoms with van der Waals surface area (Å²) >= 11 is 7.04. The fourth-order valence-electron chi connectivity index (χ4n) is 3.73. The van der Waals surface area contributed by atoms with E-state index in [2.05, 4.69) is 129 Å². The Kier molecular flexibility index (Phi) is 7.79. The molecule has 0 saturated heterocycles. The topological polar surface area (TPSA) is 12.2 Å². The average molecular weight is 564 g/mol. The van der Waals surface area contributed by atoms with Crippen LogP contribution in [0.15, 0.2) is 117 Å². The smallest absolute Gasteiger partial charge is 0.199 e. The number of rotatable bonds is 5. The molecule has 1 aliphatic heterocycles. The predicted molar refractivity (Wildman–Crippen MR) is 146 cm³/mol. The molecule has 0 amide bonds. The number of allylic oxidation sites excluding steroid dienone is 10. The monoisotopic (exact) mass is 562 g/mol. The van der Waals surface area contributed by atoms with Crippen molar-refractivity contribution >= 4 is 48.9 Å². The molecule has 4 heteroatoms. The molecule has 1 heterocycles. The maximum atomic E-state index is 6.29. The van der Waals surface area contributed by atoms with Crippen LogP contribution in [0.4, 0.5) is 0 Å². The van der Waals surface area contributed by atoms with E-state index < -0.39 is 0 Å². The van der Waals surface area contributed by atoms with Gasteiger partial charge in [-0.25, -0.2) is 4.58 Å². The van der Waals surface area contributed by atoms with Crippen molar-refractivity contribution in [2.24, 2.45) is 0 Å². The molecule has 1 aliphatic carbocycles. The standard InChI is InChI=1S/C29H26Br2NO/c1-3-32(4-2)27-16-5-21(6-17-27)7-18-28-19-24(22-8-12-25(30)13-9-22)20-29(33-28)23-10-14-26(31)15-11-23/h5-20H,3-4H2,1-2H3/q+1. The van der Waals surface area contributed by atoms with Gasteiger partial charge in [-0.05, 0) is 85.2 Å². The molecule has 0 fully saturated rings. The number of hydrogen-bond acceptors (Lipinski definition) is 1. The molecule has 2 aromatic rings. The summed E-state index contributed by atoms with van der Waals surface area (Å²) < 4.78 is 10.7. The Morgan fingerprint density at radius 3 is 1.88 bits per heavy atom. The second kappa shape index (κ2) is 11.0. The maximum Gasteiger partial charge on any atom is 0.199 e. The molecule has 2 aromatic carbocycles. The van der Waals surface area contributed by atoms with Crippen LogP contribution in [0.1, 0.15) is 25.0 Å². The Labute approximate surface area is 212 Å². The minimum Gasteiger partial charge on any atom is -0.457 e. The van der Waals surface area contributed by atoms with Gasteiger partial charge in [-0.1, -0.05) is 62.2 Å². The average Bonchev–Trinajstić information content (AvgIpc) is 2.85. The van der Waals surface area contributed by atoms with Gasteiger partial charge in [-0.2, -0.15) is 0 Å². The zero-order valence-corrected chi connectivity index (χ0v) is 21.9. The lowest BCUT2D eigenvalue weighted by molar-refractivity contribution is -0.519. The van der Waals surface area contributed by atoms with Gasteiger partial charge in [0, 0.05) is 26.7 Å². The summed E-state index contributed by atoms with van der Waals surface area (Å²) in [6.07, 6.45) is 17.0. The lowest BCUT2D eigenvalue weighted by Gasteiger charge is -2.18. The molecule has 166 valence electrons. The van der Waals surface area contributed by atoms with Crippen molar-refractivity contribution in [2.45, 2.75) is 13.8 Å². The number of halogens is 2. The summed E-state index contributed by atoms with van der Waals surface area (Å²) in [6.45, 7) is 6.37. The molecular weight excluding hydrogens is 538 g/mol. The second-order valence-electron chi connectivity index (χ2n) is 7.72. The van der Waals surface area contributed by atoms with Crippen molar-refractivity contribution in [3.05, 3.63) is 129 Å². The Hall–Kier alpha value is -2.69. The highest BCUT2D eigenvalue weighted by molar-refractivity contribution is 9.10. The van der Waals surface area contributed by atoms with E-state index in [4.69, 9.17) is 4.74 Å². The fraction of sp³-hybridized carbons (Fsp3) is 0.138. The molecule has 0 aromatic heterocycles. The largest absolute Gasteiger partial charge is 0.457 e. The van der Waals surface area contributed by atoms with Gasteiger partial charge in [0.2, 0.25) is 0 Å². The van der Waals surface area contributed by atoms with Crippen LogP contribution in [0, 0.1) is 0 Å². The van der Waals surface area contributed by atoms with E-state index in [1.807, 2.05) is 18.2 Å². The van der Waals surface area contributed by atoms with Crippen molar-refractivity contribution in [1.29, 1.82) is 0 Å². The third-order valence-corrected chi connectivity index (χ3v) is 6.64. The van der Waals surface area contributed by atoms with Crippen molar-refractivity contribution in [1.82, 2.24) is 0 Å². The van der Waals surface area contributed by atoms with Crippen LogP contribution in [-0.2, 0) is 4.74 Å². The van der Waals surface area contributed by atoms with Crippen molar-refractivity contribution < 1.29 is 9.31 Å². The van der Waals surface area contributed by atoms with Crippen LogP contribution in [0.2, 0.25) is 0 Å². The van der Waals surface area contributed by atoms with Crippen molar-refractivity contribution in [3.8, 4) is 0 Å². The van der Waals surface area contributed by atoms with Gasteiger partial charge in [0.1, 0.15) is 24.6 Å². The number of nitrogens with zero attached hydrogens (tertiary/aromatic N) is 1. The molecule has 4 rings (SSSR count). The van der Waals surface area contributed by atoms with Crippen LogP contribution < -0.4 is 0 Å². The van der Waals surface area contributed by atoms with Crippen LogP contribution in [-0.4, -0.2) is 23.4 Å². The zero-order chi connectivity index (χ0) is 23.2. The molecule has 0 N–H and O–H groups in total.